The van der Waals surface area contributed by atoms with Crippen LogP contribution in [0.4, 0.5) is 4.79 Å². The second-order valence-corrected chi connectivity index (χ2v) is 15.1. The number of hydrogen-bond donors (Lipinski definition) is 5. The lowest BCUT2D eigenvalue weighted by Gasteiger charge is -2.35. The molecule has 1 aromatic heterocycles. The van der Waals surface area contributed by atoms with Gasteiger partial charge in [-0.05, 0) is 77.0 Å². The van der Waals surface area contributed by atoms with Gasteiger partial charge in [0, 0.05) is 19.8 Å². The average Bonchev–Trinajstić information content (AvgIpc) is 3.13. The van der Waals surface area contributed by atoms with Gasteiger partial charge in [-0.3, -0.25) is 19.4 Å². The minimum atomic E-state index is -0.979. The van der Waals surface area contributed by atoms with E-state index in [0.717, 1.165) is 36.9 Å². The van der Waals surface area contributed by atoms with Crippen LogP contribution in [0.3, 0.4) is 0 Å². The Kier molecular flexibility index (Phi) is 17.5. The van der Waals surface area contributed by atoms with Gasteiger partial charge in [0.15, 0.2) is 0 Å². The number of amides is 4. The number of alkyl carbamates (subject to hydrolysis) is 1. The molecule has 12 nitrogen and oxygen atoms in total. The molecule has 4 amide bonds. The third-order valence-corrected chi connectivity index (χ3v) is 9.53. The SMILES string of the molecule is CCC[C@@H](C(=O)N[C@@H](CC1CCCCC1)C(O)CN[C@@H](C)C(=O)NCc1ccccn1)N(C)C(=O)[C@H](CCc1ccccc1)NC(=O)OC(C)(C)C. The van der Waals surface area contributed by atoms with Crippen molar-refractivity contribution in [2.45, 2.75) is 141 Å². The summed E-state index contributed by atoms with van der Waals surface area (Å²) in [6, 6.07) is 12.3. The van der Waals surface area contributed by atoms with E-state index in [1.807, 2.05) is 55.5 Å². The maximum Gasteiger partial charge on any atom is 0.408 e. The molecule has 2 aromatic rings. The Morgan fingerprint density at radius 1 is 0.962 bits per heavy atom. The summed E-state index contributed by atoms with van der Waals surface area (Å²) in [6.45, 7) is 9.33. The van der Waals surface area contributed by atoms with Crippen molar-refractivity contribution in [3.63, 3.8) is 0 Å². The molecule has 12 heteroatoms. The number of aryl methyl sites for hydroxylation is 1. The topological polar surface area (TPSA) is 162 Å². The first-order chi connectivity index (χ1) is 24.8. The van der Waals surface area contributed by atoms with E-state index in [1.165, 1.54) is 11.3 Å². The van der Waals surface area contributed by atoms with E-state index < -0.39 is 47.9 Å². The molecule has 1 unspecified atom stereocenters. The van der Waals surface area contributed by atoms with Crippen molar-refractivity contribution in [3.8, 4) is 0 Å². The predicted molar refractivity (Wildman–Crippen MR) is 202 cm³/mol. The molecule has 5 atom stereocenters. The Labute approximate surface area is 310 Å². The number of hydrogen-bond acceptors (Lipinski definition) is 8. The summed E-state index contributed by atoms with van der Waals surface area (Å²) in [5, 5.41) is 23.3. The van der Waals surface area contributed by atoms with Crippen LogP contribution in [0.5, 0.6) is 0 Å². The fourth-order valence-corrected chi connectivity index (χ4v) is 6.58. The first kappa shape index (κ1) is 42.4. The van der Waals surface area contributed by atoms with Crippen molar-refractivity contribution in [1.29, 1.82) is 0 Å². The molecular formula is C40H62N6O6. The van der Waals surface area contributed by atoms with Crippen molar-refractivity contribution < 1.29 is 29.0 Å². The molecule has 0 spiro atoms. The monoisotopic (exact) mass is 722 g/mol. The van der Waals surface area contributed by atoms with Gasteiger partial charge in [0.1, 0.15) is 17.7 Å². The summed E-state index contributed by atoms with van der Waals surface area (Å²) in [5.74, 6) is -0.641. The van der Waals surface area contributed by atoms with Gasteiger partial charge < -0.3 is 36.0 Å². The van der Waals surface area contributed by atoms with Crippen LogP contribution in [-0.2, 0) is 32.1 Å². The Balaban J connectivity index is 1.72. The molecule has 0 saturated heterocycles. The number of aliphatic hydroxyl groups excluding tert-OH is 1. The Morgan fingerprint density at radius 2 is 1.65 bits per heavy atom. The van der Waals surface area contributed by atoms with Gasteiger partial charge in [-0.25, -0.2) is 4.79 Å². The minimum absolute atomic E-state index is 0.0877. The zero-order valence-corrected chi connectivity index (χ0v) is 32.0. The Hall–Kier alpha value is -4.03. The molecule has 1 fully saturated rings. The molecule has 1 heterocycles. The lowest BCUT2D eigenvalue weighted by atomic mass is 9.83. The summed E-state index contributed by atoms with van der Waals surface area (Å²) in [5.41, 5.74) is 1.01. The van der Waals surface area contributed by atoms with Crippen LogP contribution in [-0.4, -0.2) is 88.3 Å². The number of carbonyl (C=O) groups is 4. The summed E-state index contributed by atoms with van der Waals surface area (Å²) in [4.78, 5) is 59.5. The molecule has 52 heavy (non-hydrogen) atoms. The zero-order valence-electron chi connectivity index (χ0n) is 32.0. The fourth-order valence-electron chi connectivity index (χ4n) is 6.58. The van der Waals surface area contributed by atoms with E-state index in [2.05, 4.69) is 26.3 Å². The highest BCUT2D eigenvalue weighted by Gasteiger charge is 2.35. The van der Waals surface area contributed by atoms with Gasteiger partial charge in [0.25, 0.3) is 0 Å². The highest BCUT2D eigenvalue weighted by atomic mass is 16.6. The number of pyridine rings is 1. The molecule has 0 aliphatic heterocycles. The number of aromatic nitrogens is 1. The Morgan fingerprint density at radius 3 is 2.29 bits per heavy atom. The van der Waals surface area contributed by atoms with Gasteiger partial charge in [0.2, 0.25) is 17.7 Å². The number of benzene rings is 1. The number of ether oxygens (including phenoxy) is 1. The number of carbonyl (C=O) groups excluding carboxylic acids is 4. The molecule has 0 radical (unpaired) electrons. The van der Waals surface area contributed by atoms with Crippen LogP contribution >= 0.6 is 0 Å². The van der Waals surface area contributed by atoms with Crippen molar-refractivity contribution in [2.75, 3.05) is 13.6 Å². The van der Waals surface area contributed by atoms with Crippen LogP contribution in [0.2, 0.25) is 0 Å². The number of likely N-dealkylation sites (N-methyl/N-ethyl adjacent to an activating group) is 1. The van der Waals surface area contributed by atoms with Gasteiger partial charge in [-0.2, -0.15) is 0 Å². The smallest absolute Gasteiger partial charge is 0.408 e. The van der Waals surface area contributed by atoms with Crippen molar-refractivity contribution >= 4 is 23.8 Å². The number of aliphatic hydroxyl groups is 1. The normalized spacial score (nSPS) is 16.4. The second-order valence-electron chi connectivity index (χ2n) is 15.1. The van der Waals surface area contributed by atoms with Crippen molar-refractivity contribution in [3.05, 3.63) is 66.0 Å². The van der Waals surface area contributed by atoms with Crippen LogP contribution in [0.15, 0.2) is 54.7 Å². The second kappa shape index (κ2) is 21.5. The third-order valence-electron chi connectivity index (χ3n) is 9.53. The largest absolute Gasteiger partial charge is 0.444 e. The molecule has 3 rings (SSSR count). The summed E-state index contributed by atoms with van der Waals surface area (Å²) in [7, 11) is 1.59. The summed E-state index contributed by atoms with van der Waals surface area (Å²) >= 11 is 0. The van der Waals surface area contributed by atoms with Crippen LogP contribution in [0, 0.1) is 5.92 Å². The van der Waals surface area contributed by atoms with E-state index in [1.54, 1.807) is 40.9 Å². The van der Waals surface area contributed by atoms with Crippen molar-refractivity contribution in [1.82, 2.24) is 31.2 Å². The standard InChI is InChI=1S/C40H62N6O6/c1-7-16-34(46(6)38(50)32(45-39(51)52-40(3,4)5)23-22-29-17-10-8-11-18-29)37(49)44-33(25-30-19-12-9-13-20-30)35(47)27-42-28(2)36(48)43-26-31-21-14-15-24-41-31/h8,10-11,14-15,17-18,21,24,28,30,32-35,42,47H,7,9,12-13,16,19-20,22-23,25-27H2,1-6H3,(H,43,48)(H,44,49)(H,45,51)/t28-,32-,33-,34-,35?/m0/s1. The highest BCUT2D eigenvalue weighted by Crippen LogP contribution is 2.28. The molecule has 1 aliphatic rings. The molecule has 1 aliphatic carbocycles. The van der Waals surface area contributed by atoms with E-state index in [9.17, 15) is 24.3 Å². The van der Waals surface area contributed by atoms with Crippen LogP contribution in [0.25, 0.3) is 0 Å². The minimum Gasteiger partial charge on any atom is -0.444 e. The summed E-state index contributed by atoms with van der Waals surface area (Å²) < 4.78 is 5.48. The molecule has 1 aromatic carbocycles. The number of nitrogens with zero attached hydrogens (tertiary/aromatic N) is 2. The average molecular weight is 723 g/mol. The third kappa shape index (κ3) is 14.9. The van der Waals surface area contributed by atoms with E-state index >= 15 is 0 Å². The molecule has 1 saturated carbocycles. The quantitative estimate of drug-likeness (QED) is 0.140. The number of rotatable bonds is 19. The first-order valence-electron chi connectivity index (χ1n) is 19.0. The van der Waals surface area contributed by atoms with E-state index in [4.69, 9.17) is 4.74 Å². The van der Waals surface area contributed by atoms with Crippen LogP contribution in [0.1, 0.15) is 104 Å². The molecular weight excluding hydrogens is 660 g/mol. The Bertz CT molecular complexity index is 1380. The van der Waals surface area contributed by atoms with Gasteiger partial charge in [0.05, 0.1) is 30.4 Å². The predicted octanol–water partition coefficient (Wildman–Crippen LogP) is 4.65. The summed E-state index contributed by atoms with van der Waals surface area (Å²) in [6.07, 6.45) is 7.89. The van der Waals surface area contributed by atoms with Gasteiger partial charge >= 0.3 is 6.09 Å². The lowest BCUT2D eigenvalue weighted by Crippen LogP contribution is -2.58. The number of nitrogens with one attached hydrogen (secondary N) is 4. The van der Waals surface area contributed by atoms with Crippen LogP contribution < -0.4 is 21.3 Å². The van der Waals surface area contributed by atoms with Gasteiger partial charge in [-0.1, -0.05) is 81.8 Å². The first-order valence-corrected chi connectivity index (χ1v) is 19.0. The lowest BCUT2D eigenvalue weighted by molar-refractivity contribution is -0.141. The fraction of sp³-hybridized carbons (Fsp3) is 0.625. The molecule has 288 valence electrons. The van der Waals surface area contributed by atoms with Crippen molar-refractivity contribution in [2.24, 2.45) is 5.92 Å². The molecule has 0 bridgehead atoms. The zero-order chi connectivity index (χ0) is 38.1. The maximum atomic E-state index is 14.1. The highest BCUT2D eigenvalue weighted by molar-refractivity contribution is 5.91. The molecule has 5 N–H and O–H groups in total. The van der Waals surface area contributed by atoms with Gasteiger partial charge in [-0.15, -0.1) is 0 Å². The maximum absolute atomic E-state index is 14.1. The van der Waals surface area contributed by atoms with E-state index in [-0.39, 0.29) is 18.4 Å². The van der Waals surface area contributed by atoms with E-state index in [0.29, 0.717) is 44.6 Å².